The number of nitrogens with one attached hydrogen (secondary N) is 3. The van der Waals surface area contributed by atoms with Crippen LogP contribution >= 0.6 is 11.8 Å². The topological polar surface area (TPSA) is 99.3 Å². The maximum absolute atomic E-state index is 13.5. The number of aromatic amines is 2. The summed E-state index contributed by atoms with van der Waals surface area (Å²) in [6, 6.07) is 4.57. The Balaban J connectivity index is 1.67. The predicted molar refractivity (Wildman–Crippen MR) is 76.5 cm³/mol. The lowest BCUT2D eigenvalue weighted by Crippen LogP contribution is -2.14. The first-order valence-corrected chi connectivity index (χ1v) is 7.06. The summed E-state index contributed by atoms with van der Waals surface area (Å²) in [7, 11) is 0. The van der Waals surface area contributed by atoms with E-state index in [2.05, 4.69) is 30.7 Å². The molecule has 0 fully saturated rings. The zero-order valence-corrected chi connectivity index (χ0v) is 11.8. The number of nitrogens with zero attached hydrogens (tertiary/aromatic N) is 3. The summed E-state index contributed by atoms with van der Waals surface area (Å²) < 4.78 is 13.5. The molecule has 7 nitrogen and oxygen atoms in total. The number of fused-ring (bicyclic) bond motifs is 1. The lowest BCUT2D eigenvalue weighted by molar-refractivity contribution is -0.113. The van der Waals surface area contributed by atoms with Crippen molar-refractivity contribution < 1.29 is 9.18 Å². The first-order valence-electron chi connectivity index (χ1n) is 6.08. The van der Waals surface area contributed by atoms with Crippen molar-refractivity contribution in [3.05, 3.63) is 29.8 Å². The van der Waals surface area contributed by atoms with E-state index >= 15 is 0 Å². The van der Waals surface area contributed by atoms with E-state index in [0.29, 0.717) is 22.2 Å². The van der Waals surface area contributed by atoms with Crippen molar-refractivity contribution in [1.29, 1.82) is 0 Å². The summed E-state index contributed by atoms with van der Waals surface area (Å²) in [5.41, 5.74) is 0.269. The molecule has 1 aromatic carbocycles. The minimum absolute atomic E-state index is 0.140. The van der Waals surface area contributed by atoms with Crippen molar-refractivity contribution in [1.82, 2.24) is 25.4 Å². The lowest BCUT2D eigenvalue weighted by atomic mass is 10.2. The summed E-state index contributed by atoms with van der Waals surface area (Å²) in [6.45, 7) is 1.78. The van der Waals surface area contributed by atoms with Gasteiger partial charge in [-0.15, -0.1) is 5.10 Å². The van der Waals surface area contributed by atoms with E-state index in [-0.39, 0.29) is 17.2 Å². The fourth-order valence-electron chi connectivity index (χ4n) is 1.79. The minimum Gasteiger partial charge on any atom is -0.308 e. The molecule has 0 radical (unpaired) electrons. The van der Waals surface area contributed by atoms with Crippen LogP contribution < -0.4 is 5.32 Å². The van der Waals surface area contributed by atoms with Gasteiger partial charge in [-0.3, -0.25) is 15.0 Å². The number of carbonyl (C=O) groups is 1. The van der Waals surface area contributed by atoms with E-state index in [1.165, 1.54) is 17.8 Å². The summed E-state index contributed by atoms with van der Waals surface area (Å²) >= 11 is 1.20. The molecule has 0 atom stereocenters. The molecule has 2 aromatic heterocycles. The highest BCUT2D eigenvalue weighted by atomic mass is 32.2. The van der Waals surface area contributed by atoms with Crippen LogP contribution in [0.1, 0.15) is 5.82 Å². The number of thioether (sulfide) groups is 1. The molecule has 0 unspecified atom stereocenters. The molecule has 3 N–H and O–H groups in total. The Kier molecular flexibility index (Phi) is 3.57. The van der Waals surface area contributed by atoms with E-state index in [1.807, 2.05) is 0 Å². The number of carbonyl (C=O) groups excluding carboxylic acids is 1. The van der Waals surface area contributed by atoms with Gasteiger partial charge in [-0.05, 0) is 19.1 Å². The first kappa shape index (κ1) is 13.6. The van der Waals surface area contributed by atoms with Gasteiger partial charge in [0.05, 0.1) is 5.75 Å². The van der Waals surface area contributed by atoms with E-state index in [0.717, 1.165) is 0 Å². The Labute approximate surface area is 122 Å². The number of halogens is 1. The maximum atomic E-state index is 13.5. The van der Waals surface area contributed by atoms with Gasteiger partial charge in [-0.2, -0.15) is 5.10 Å². The molecule has 0 saturated heterocycles. The van der Waals surface area contributed by atoms with E-state index in [4.69, 9.17) is 0 Å². The molecule has 0 saturated carbocycles. The monoisotopic (exact) mass is 306 g/mol. The fraction of sp³-hybridized carbons (Fsp3) is 0.167. The summed E-state index contributed by atoms with van der Waals surface area (Å²) in [6.07, 6.45) is 0. The molecule has 2 heterocycles. The summed E-state index contributed by atoms with van der Waals surface area (Å²) in [5.74, 6) is 0.458. The first-order chi connectivity index (χ1) is 10.1. The second-order valence-corrected chi connectivity index (χ2v) is 5.22. The van der Waals surface area contributed by atoms with E-state index in [9.17, 15) is 9.18 Å². The fourth-order valence-corrected chi connectivity index (χ4v) is 2.43. The Bertz CT molecular complexity index is 798. The van der Waals surface area contributed by atoms with E-state index in [1.54, 1.807) is 19.1 Å². The summed E-state index contributed by atoms with van der Waals surface area (Å²) in [4.78, 5) is 16.0. The van der Waals surface area contributed by atoms with Crippen molar-refractivity contribution in [3.8, 4) is 0 Å². The molecule has 0 spiro atoms. The molecule has 0 aliphatic carbocycles. The van der Waals surface area contributed by atoms with Crippen molar-refractivity contribution in [2.24, 2.45) is 0 Å². The number of para-hydroxylation sites is 1. The average molecular weight is 306 g/mol. The number of aromatic nitrogens is 5. The van der Waals surface area contributed by atoms with Gasteiger partial charge in [-0.1, -0.05) is 17.8 Å². The molecular weight excluding hydrogens is 295 g/mol. The highest BCUT2D eigenvalue weighted by molar-refractivity contribution is 7.99. The van der Waals surface area contributed by atoms with Crippen LogP contribution in [0.5, 0.6) is 0 Å². The third-order valence-corrected chi connectivity index (χ3v) is 3.56. The zero-order chi connectivity index (χ0) is 14.8. The van der Waals surface area contributed by atoms with Gasteiger partial charge in [0.2, 0.25) is 11.1 Å². The van der Waals surface area contributed by atoms with Crippen LogP contribution in [0.2, 0.25) is 0 Å². The van der Waals surface area contributed by atoms with Gasteiger partial charge in [0.1, 0.15) is 17.2 Å². The molecule has 0 bridgehead atoms. The molecule has 21 heavy (non-hydrogen) atoms. The Morgan fingerprint density at radius 1 is 1.38 bits per heavy atom. The number of rotatable bonds is 4. The van der Waals surface area contributed by atoms with Gasteiger partial charge in [0.15, 0.2) is 5.82 Å². The quantitative estimate of drug-likeness (QED) is 0.639. The van der Waals surface area contributed by atoms with Crippen molar-refractivity contribution in [2.45, 2.75) is 12.1 Å². The zero-order valence-electron chi connectivity index (χ0n) is 11.0. The SMILES string of the molecule is Cc1nc(SCC(=O)Nc2n[nH]c3c(F)cccc23)n[nH]1. The molecule has 3 rings (SSSR count). The number of hydrogen-bond donors (Lipinski definition) is 3. The molecule has 0 aliphatic rings. The van der Waals surface area contributed by atoms with Crippen LogP contribution in [0.3, 0.4) is 0 Å². The second-order valence-electron chi connectivity index (χ2n) is 4.27. The third kappa shape index (κ3) is 2.87. The lowest BCUT2D eigenvalue weighted by Gasteiger charge is -2.00. The Morgan fingerprint density at radius 3 is 3.00 bits per heavy atom. The van der Waals surface area contributed by atoms with Crippen LogP contribution in [0, 0.1) is 12.7 Å². The molecule has 3 aromatic rings. The third-order valence-electron chi connectivity index (χ3n) is 2.72. The van der Waals surface area contributed by atoms with Crippen LogP contribution in [-0.4, -0.2) is 37.0 Å². The number of anilines is 1. The number of benzene rings is 1. The molecular formula is C12H11FN6OS. The van der Waals surface area contributed by atoms with Crippen molar-refractivity contribution in [2.75, 3.05) is 11.1 Å². The van der Waals surface area contributed by atoms with Crippen LogP contribution in [0.4, 0.5) is 10.2 Å². The molecule has 9 heteroatoms. The number of hydrogen-bond acceptors (Lipinski definition) is 5. The van der Waals surface area contributed by atoms with Gasteiger partial charge in [0.25, 0.3) is 0 Å². The van der Waals surface area contributed by atoms with Crippen LogP contribution in [-0.2, 0) is 4.79 Å². The van der Waals surface area contributed by atoms with Crippen molar-refractivity contribution in [3.63, 3.8) is 0 Å². The number of amides is 1. The molecule has 0 aliphatic heterocycles. The Morgan fingerprint density at radius 2 is 2.24 bits per heavy atom. The average Bonchev–Trinajstić information content (AvgIpc) is 3.05. The highest BCUT2D eigenvalue weighted by Crippen LogP contribution is 2.22. The van der Waals surface area contributed by atoms with Gasteiger partial charge < -0.3 is 5.32 Å². The van der Waals surface area contributed by atoms with E-state index < -0.39 is 5.82 Å². The molecule has 108 valence electrons. The van der Waals surface area contributed by atoms with Crippen LogP contribution in [0.15, 0.2) is 23.4 Å². The van der Waals surface area contributed by atoms with Crippen molar-refractivity contribution >= 4 is 34.4 Å². The second kappa shape index (κ2) is 5.52. The van der Waals surface area contributed by atoms with Gasteiger partial charge >= 0.3 is 0 Å². The number of aryl methyl sites for hydroxylation is 1. The van der Waals surface area contributed by atoms with Crippen LogP contribution in [0.25, 0.3) is 10.9 Å². The Hall–Kier alpha value is -2.42. The van der Waals surface area contributed by atoms with Gasteiger partial charge in [0, 0.05) is 5.39 Å². The standard InChI is InChI=1S/C12H11FN6OS/c1-6-14-12(19-16-6)21-5-9(20)15-11-7-3-2-4-8(13)10(7)17-18-11/h2-4H,5H2,1H3,(H,14,16,19)(H2,15,17,18,20). The molecule has 1 amide bonds. The number of H-pyrrole nitrogens is 2. The summed E-state index contributed by atoms with van der Waals surface area (Å²) in [5, 5.41) is 16.8. The predicted octanol–water partition coefficient (Wildman–Crippen LogP) is 1.86. The smallest absolute Gasteiger partial charge is 0.236 e. The van der Waals surface area contributed by atoms with Gasteiger partial charge in [-0.25, -0.2) is 9.37 Å². The normalized spacial score (nSPS) is 11.0. The largest absolute Gasteiger partial charge is 0.308 e. The minimum atomic E-state index is -0.411. The maximum Gasteiger partial charge on any atom is 0.236 e. The highest BCUT2D eigenvalue weighted by Gasteiger charge is 2.12.